The van der Waals surface area contributed by atoms with Crippen molar-refractivity contribution in [1.29, 1.82) is 0 Å². The monoisotopic (exact) mass is 219 g/mol. The molecule has 0 aliphatic carbocycles. The second-order valence-corrected chi connectivity index (χ2v) is 5.10. The second kappa shape index (κ2) is 3.96. The van der Waals surface area contributed by atoms with E-state index in [4.69, 9.17) is 17.3 Å². The summed E-state index contributed by atoms with van der Waals surface area (Å²) in [4.78, 5) is 0.843. The van der Waals surface area contributed by atoms with Gasteiger partial charge in [0.25, 0.3) is 0 Å². The lowest BCUT2D eigenvalue weighted by Crippen LogP contribution is -2.39. The third-order valence-electron chi connectivity index (χ3n) is 2.27. The van der Waals surface area contributed by atoms with Crippen LogP contribution in [0.5, 0.6) is 0 Å². The van der Waals surface area contributed by atoms with Crippen LogP contribution in [0.15, 0.2) is 12.1 Å². The number of halogens is 1. The van der Waals surface area contributed by atoms with Gasteiger partial charge in [-0.15, -0.1) is 11.3 Å². The molecule has 0 saturated heterocycles. The van der Waals surface area contributed by atoms with Crippen molar-refractivity contribution in [3.63, 3.8) is 0 Å². The van der Waals surface area contributed by atoms with Crippen molar-refractivity contribution in [2.24, 2.45) is 11.7 Å². The lowest BCUT2D eigenvalue weighted by atomic mass is 9.89. The fourth-order valence-electron chi connectivity index (χ4n) is 1.17. The zero-order valence-corrected chi connectivity index (χ0v) is 9.32. The number of thiophene rings is 1. The molecular formula is C9H14ClNOS. The molecule has 1 unspecified atom stereocenters. The van der Waals surface area contributed by atoms with E-state index in [0.29, 0.717) is 4.34 Å². The van der Waals surface area contributed by atoms with E-state index < -0.39 is 5.60 Å². The van der Waals surface area contributed by atoms with Crippen molar-refractivity contribution in [3.05, 3.63) is 21.3 Å². The molecule has 1 aromatic rings. The topological polar surface area (TPSA) is 46.2 Å². The van der Waals surface area contributed by atoms with E-state index in [0.717, 1.165) is 4.88 Å². The molecule has 4 heteroatoms. The lowest BCUT2D eigenvalue weighted by molar-refractivity contribution is 0.00239. The van der Waals surface area contributed by atoms with Crippen LogP contribution >= 0.6 is 22.9 Å². The summed E-state index contributed by atoms with van der Waals surface area (Å²) in [6, 6.07) is 3.62. The SMILES string of the molecule is CC(C)C(O)(CN)c1ccc(Cl)s1. The Labute approximate surface area is 87.3 Å². The van der Waals surface area contributed by atoms with E-state index in [1.165, 1.54) is 11.3 Å². The zero-order chi connectivity index (χ0) is 10.1. The molecule has 0 saturated carbocycles. The number of rotatable bonds is 3. The summed E-state index contributed by atoms with van der Waals surface area (Å²) in [5.41, 5.74) is 4.63. The van der Waals surface area contributed by atoms with Gasteiger partial charge < -0.3 is 10.8 Å². The van der Waals surface area contributed by atoms with E-state index >= 15 is 0 Å². The zero-order valence-electron chi connectivity index (χ0n) is 7.75. The van der Waals surface area contributed by atoms with Crippen molar-refractivity contribution in [1.82, 2.24) is 0 Å². The van der Waals surface area contributed by atoms with Crippen molar-refractivity contribution < 1.29 is 5.11 Å². The Morgan fingerprint density at radius 1 is 1.62 bits per heavy atom. The van der Waals surface area contributed by atoms with Crippen LogP contribution in [-0.2, 0) is 5.60 Å². The summed E-state index contributed by atoms with van der Waals surface area (Å²) in [6.45, 7) is 4.11. The molecule has 0 bridgehead atoms. The first-order chi connectivity index (χ1) is 6.00. The van der Waals surface area contributed by atoms with Gasteiger partial charge in [0.15, 0.2) is 0 Å². The van der Waals surface area contributed by atoms with Crippen molar-refractivity contribution in [2.45, 2.75) is 19.4 Å². The van der Waals surface area contributed by atoms with E-state index in [1.807, 2.05) is 19.9 Å². The van der Waals surface area contributed by atoms with Crippen LogP contribution in [0.4, 0.5) is 0 Å². The van der Waals surface area contributed by atoms with Gasteiger partial charge >= 0.3 is 0 Å². The standard InChI is InChI=1S/C9H14ClNOS/c1-6(2)9(12,5-11)7-3-4-8(10)13-7/h3-4,6,12H,5,11H2,1-2H3. The van der Waals surface area contributed by atoms with Crippen molar-refractivity contribution in [2.75, 3.05) is 6.54 Å². The lowest BCUT2D eigenvalue weighted by Gasteiger charge is -2.29. The molecular weight excluding hydrogens is 206 g/mol. The van der Waals surface area contributed by atoms with E-state index in [9.17, 15) is 5.11 Å². The molecule has 13 heavy (non-hydrogen) atoms. The van der Waals surface area contributed by atoms with Gasteiger partial charge in [-0.1, -0.05) is 25.4 Å². The highest BCUT2D eigenvalue weighted by atomic mass is 35.5. The molecule has 0 spiro atoms. The summed E-state index contributed by atoms with van der Waals surface area (Å²) in [6.07, 6.45) is 0. The van der Waals surface area contributed by atoms with Gasteiger partial charge in [-0.2, -0.15) is 0 Å². The summed E-state index contributed by atoms with van der Waals surface area (Å²) in [7, 11) is 0. The Morgan fingerprint density at radius 2 is 2.23 bits per heavy atom. The highest BCUT2D eigenvalue weighted by Crippen LogP contribution is 2.35. The van der Waals surface area contributed by atoms with Gasteiger partial charge in [0, 0.05) is 11.4 Å². The first kappa shape index (κ1) is 11.0. The van der Waals surface area contributed by atoms with Gasteiger partial charge in [-0.05, 0) is 18.1 Å². The van der Waals surface area contributed by atoms with Crippen LogP contribution < -0.4 is 5.73 Å². The van der Waals surface area contributed by atoms with Crippen molar-refractivity contribution in [3.8, 4) is 0 Å². The molecule has 1 rings (SSSR count). The maximum absolute atomic E-state index is 10.2. The maximum Gasteiger partial charge on any atom is 0.113 e. The highest BCUT2D eigenvalue weighted by molar-refractivity contribution is 7.16. The van der Waals surface area contributed by atoms with E-state index in [-0.39, 0.29) is 12.5 Å². The van der Waals surface area contributed by atoms with Gasteiger partial charge in [-0.3, -0.25) is 0 Å². The molecule has 0 radical (unpaired) electrons. The van der Waals surface area contributed by atoms with Gasteiger partial charge in [0.1, 0.15) is 5.60 Å². The van der Waals surface area contributed by atoms with Gasteiger partial charge in [0.2, 0.25) is 0 Å². The average molecular weight is 220 g/mol. The molecule has 1 heterocycles. The molecule has 2 nitrogen and oxygen atoms in total. The number of hydrogen-bond acceptors (Lipinski definition) is 3. The quantitative estimate of drug-likeness (QED) is 0.819. The largest absolute Gasteiger partial charge is 0.383 e. The third kappa shape index (κ3) is 2.05. The van der Waals surface area contributed by atoms with Gasteiger partial charge in [0.05, 0.1) is 4.34 Å². The Morgan fingerprint density at radius 3 is 2.54 bits per heavy atom. The summed E-state index contributed by atoms with van der Waals surface area (Å²) >= 11 is 7.18. The van der Waals surface area contributed by atoms with Crippen LogP contribution in [0, 0.1) is 5.92 Å². The normalized spacial score (nSPS) is 16.2. The summed E-state index contributed by atoms with van der Waals surface area (Å²) < 4.78 is 0.683. The minimum atomic E-state index is -0.933. The Hall–Kier alpha value is -0.0900. The van der Waals surface area contributed by atoms with E-state index in [2.05, 4.69) is 0 Å². The summed E-state index contributed by atoms with van der Waals surface area (Å²) in [5, 5.41) is 10.2. The molecule has 0 aromatic carbocycles. The predicted octanol–water partition coefficient (Wildman–Crippen LogP) is 2.20. The molecule has 1 aromatic heterocycles. The Balaban J connectivity index is 3.02. The minimum Gasteiger partial charge on any atom is -0.383 e. The summed E-state index contributed by atoms with van der Waals surface area (Å²) in [5.74, 6) is 0.0900. The smallest absolute Gasteiger partial charge is 0.113 e. The molecule has 0 amide bonds. The number of aliphatic hydroxyl groups is 1. The fourth-order valence-corrected chi connectivity index (χ4v) is 2.46. The first-order valence-electron chi connectivity index (χ1n) is 4.19. The van der Waals surface area contributed by atoms with Crippen molar-refractivity contribution >= 4 is 22.9 Å². The average Bonchev–Trinajstić information content (AvgIpc) is 2.50. The molecule has 1 atom stereocenters. The molecule has 0 aliphatic rings. The highest BCUT2D eigenvalue weighted by Gasteiger charge is 2.32. The van der Waals surface area contributed by atoms with Crippen LogP contribution in [0.1, 0.15) is 18.7 Å². The third-order valence-corrected chi connectivity index (χ3v) is 3.66. The predicted molar refractivity (Wildman–Crippen MR) is 57.1 cm³/mol. The Kier molecular flexibility index (Phi) is 3.35. The maximum atomic E-state index is 10.2. The molecule has 74 valence electrons. The first-order valence-corrected chi connectivity index (χ1v) is 5.38. The molecule has 0 fully saturated rings. The van der Waals surface area contributed by atoms with Crippen LogP contribution in [-0.4, -0.2) is 11.7 Å². The van der Waals surface area contributed by atoms with Crippen LogP contribution in [0.3, 0.4) is 0 Å². The minimum absolute atomic E-state index is 0.0900. The van der Waals surface area contributed by atoms with Crippen LogP contribution in [0.25, 0.3) is 0 Å². The molecule has 3 N–H and O–H groups in total. The second-order valence-electron chi connectivity index (χ2n) is 3.39. The molecule has 0 aliphatic heterocycles. The van der Waals surface area contributed by atoms with E-state index in [1.54, 1.807) is 6.07 Å². The number of nitrogens with two attached hydrogens (primary N) is 1. The van der Waals surface area contributed by atoms with Crippen LogP contribution in [0.2, 0.25) is 4.34 Å². The van der Waals surface area contributed by atoms with Gasteiger partial charge in [-0.25, -0.2) is 0 Å². The Bertz CT molecular complexity index is 287. The number of hydrogen-bond donors (Lipinski definition) is 2. The fraction of sp³-hybridized carbons (Fsp3) is 0.556.